The number of anilines is 2. The Balaban J connectivity index is 1.88. The first-order valence-corrected chi connectivity index (χ1v) is 6.68. The van der Waals surface area contributed by atoms with E-state index in [-0.39, 0.29) is 0 Å². The van der Waals surface area contributed by atoms with E-state index >= 15 is 0 Å². The van der Waals surface area contributed by atoms with Crippen LogP contribution in [0, 0.1) is 5.92 Å². The number of hydrogen-bond donors (Lipinski definition) is 1. The van der Waals surface area contributed by atoms with Crippen molar-refractivity contribution in [2.24, 2.45) is 5.92 Å². The van der Waals surface area contributed by atoms with Crippen molar-refractivity contribution in [3.05, 3.63) is 12.5 Å². The van der Waals surface area contributed by atoms with Crippen molar-refractivity contribution in [2.75, 3.05) is 17.2 Å². The van der Waals surface area contributed by atoms with E-state index < -0.39 is 0 Å². The quantitative estimate of drug-likeness (QED) is 0.806. The fraction of sp³-hybridized carbons (Fsp3) is 0.692. The Morgan fingerprint density at radius 1 is 1.18 bits per heavy atom. The van der Waals surface area contributed by atoms with Gasteiger partial charge in [0.25, 0.3) is 0 Å². The van der Waals surface area contributed by atoms with Gasteiger partial charge in [-0.1, -0.05) is 12.8 Å². The van der Waals surface area contributed by atoms with Crippen molar-refractivity contribution < 1.29 is 0 Å². The number of fused-ring (bicyclic) bond motifs is 1. The fourth-order valence-corrected chi connectivity index (χ4v) is 3.46. The van der Waals surface area contributed by atoms with E-state index in [2.05, 4.69) is 14.9 Å². The number of nitrogens with zero attached hydrogens (tertiary/aromatic N) is 3. The van der Waals surface area contributed by atoms with Crippen LogP contribution in [0.1, 0.15) is 38.5 Å². The molecule has 4 nitrogen and oxygen atoms in total. The van der Waals surface area contributed by atoms with Crippen LogP contribution >= 0.6 is 0 Å². The van der Waals surface area contributed by atoms with Gasteiger partial charge < -0.3 is 10.6 Å². The molecule has 0 radical (unpaired) electrons. The van der Waals surface area contributed by atoms with Crippen LogP contribution < -0.4 is 10.6 Å². The Morgan fingerprint density at radius 2 is 2.00 bits per heavy atom. The molecular weight excluding hydrogens is 212 g/mol. The Kier molecular flexibility index (Phi) is 2.87. The monoisotopic (exact) mass is 232 g/mol. The molecule has 0 spiro atoms. The summed E-state index contributed by atoms with van der Waals surface area (Å²) in [6, 6.07) is 0.662. The van der Waals surface area contributed by atoms with Crippen LogP contribution in [-0.4, -0.2) is 22.6 Å². The minimum Gasteiger partial charge on any atom is -0.394 e. The molecule has 17 heavy (non-hydrogen) atoms. The first kappa shape index (κ1) is 10.8. The summed E-state index contributed by atoms with van der Waals surface area (Å²) in [6.07, 6.45) is 11.4. The van der Waals surface area contributed by atoms with Gasteiger partial charge in [0, 0.05) is 12.6 Å². The molecule has 2 fully saturated rings. The van der Waals surface area contributed by atoms with Gasteiger partial charge >= 0.3 is 0 Å². The van der Waals surface area contributed by atoms with Crippen molar-refractivity contribution in [2.45, 2.75) is 44.6 Å². The molecule has 1 aromatic heterocycles. The minimum atomic E-state index is 0.662. The molecule has 0 amide bonds. The van der Waals surface area contributed by atoms with Gasteiger partial charge in [-0.05, 0) is 31.6 Å². The Morgan fingerprint density at radius 3 is 2.88 bits per heavy atom. The third kappa shape index (κ3) is 1.96. The Labute approximate surface area is 102 Å². The number of piperidine rings is 1. The van der Waals surface area contributed by atoms with Crippen LogP contribution in [0.25, 0.3) is 0 Å². The van der Waals surface area contributed by atoms with Crippen molar-refractivity contribution in [1.82, 2.24) is 9.97 Å². The zero-order valence-electron chi connectivity index (χ0n) is 10.2. The molecule has 1 saturated carbocycles. The van der Waals surface area contributed by atoms with Gasteiger partial charge in [-0.25, -0.2) is 9.97 Å². The average molecular weight is 232 g/mol. The normalized spacial score (nSPS) is 28.8. The standard InChI is InChI=1S/C13H20N4/c14-11-8-15-9-16-13(11)17-7-3-5-10-4-1-2-6-12(10)17/h8-10,12H,1-7,14H2. The molecule has 4 heteroatoms. The van der Waals surface area contributed by atoms with E-state index in [0.717, 1.165) is 24.0 Å². The van der Waals surface area contributed by atoms with Crippen molar-refractivity contribution in [3.63, 3.8) is 0 Å². The molecular formula is C13H20N4. The van der Waals surface area contributed by atoms with E-state index in [1.807, 2.05) is 0 Å². The molecule has 1 saturated heterocycles. The highest BCUT2D eigenvalue weighted by atomic mass is 15.2. The Hall–Kier alpha value is -1.32. The molecule has 2 atom stereocenters. The molecule has 2 aliphatic rings. The SMILES string of the molecule is Nc1cncnc1N1CCCC2CCCCC21. The van der Waals surface area contributed by atoms with Crippen molar-refractivity contribution in [3.8, 4) is 0 Å². The molecule has 0 bridgehead atoms. The Bertz CT molecular complexity index is 391. The lowest BCUT2D eigenvalue weighted by molar-refractivity contribution is 0.243. The number of hydrogen-bond acceptors (Lipinski definition) is 4. The molecule has 1 aliphatic carbocycles. The second kappa shape index (κ2) is 4.51. The molecule has 2 N–H and O–H groups in total. The predicted molar refractivity (Wildman–Crippen MR) is 68.8 cm³/mol. The highest BCUT2D eigenvalue weighted by Gasteiger charge is 2.34. The maximum absolute atomic E-state index is 6.01. The lowest BCUT2D eigenvalue weighted by Crippen LogP contribution is -2.47. The van der Waals surface area contributed by atoms with Gasteiger partial charge in [0.05, 0.1) is 11.9 Å². The van der Waals surface area contributed by atoms with E-state index in [1.54, 1.807) is 12.5 Å². The van der Waals surface area contributed by atoms with E-state index in [9.17, 15) is 0 Å². The third-order valence-electron chi connectivity index (χ3n) is 4.23. The molecule has 2 unspecified atom stereocenters. The second-order valence-corrected chi connectivity index (χ2v) is 5.25. The minimum absolute atomic E-state index is 0.662. The summed E-state index contributed by atoms with van der Waals surface area (Å²) in [6.45, 7) is 1.10. The van der Waals surface area contributed by atoms with Crippen LogP contribution in [-0.2, 0) is 0 Å². The fourth-order valence-electron chi connectivity index (χ4n) is 3.46. The largest absolute Gasteiger partial charge is 0.394 e. The van der Waals surface area contributed by atoms with Crippen LogP contribution in [0.15, 0.2) is 12.5 Å². The van der Waals surface area contributed by atoms with Crippen LogP contribution in [0.2, 0.25) is 0 Å². The third-order valence-corrected chi connectivity index (χ3v) is 4.23. The number of nitrogen functional groups attached to an aromatic ring is 1. The molecule has 1 aliphatic heterocycles. The van der Waals surface area contributed by atoms with Gasteiger partial charge in [-0.15, -0.1) is 0 Å². The lowest BCUT2D eigenvalue weighted by Gasteiger charge is -2.45. The zero-order valence-corrected chi connectivity index (χ0v) is 10.2. The van der Waals surface area contributed by atoms with Gasteiger partial charge in [0.2, 0.25) is 0 Å². The molecule has 3 rings (SSSR count). The lowest BCUT2D eigenvalue weighted by atomic mass is 9.78. The molecule has 0 aromatic carbocycles. The average Bonchev–Trinajstić information content (AvgIpc) is 2.39. The number of nitrogens with two attached hydrogens (primary N) is 1. The van der Waals surface area contributed by atoms with E-state index in [4.69, 9.17) is 5.73 Å². The first-order valence-electron chi connectivity index (χ1n) is 6.68. The summed E-state index contributed by atoms with van der Waals surface area (Å²) >= 11 is 0. The smallest absolute Gasteiger partial charge is 0.155 e. The molecule has 1 aromatic rings. The van der Waals surface area contributed by atoms with E-state index in [1.165, 1.54) is 38.5 Å². The van der Waals surface area contributed by atoms with Gasteiger partial charge in [-0.2, -0.15) is 0 Å². The summed E-state index contributed by atoms with van der Waals surface area (Å²) < 4.78 is 0. The van der Waals surface area contributed by atoms with Gasteiger partial charge in [0.1, 0.15) is 6.33 Å². The molecule has 2 heterocycles. The van der Waals surface area contributed by atoms with Crippen molar-refractivity contribution >= 4 is 11.5 Å². The molecule has 92 valence electrons. The summed E-state index contributed by atoms with van der Waals surface area (Å²) in [4.78, 5) is 10.8. The maximum atomic E-state index is 6.01. The summed E-state index contributed by atoms with van der Waals surface area (Å²) in [5, 5.41) is 0. The van der Waals surface area contributed by atoms with Gasteiger partial charge in [-0.3, -0.25) is 0 Å². The predicted octanol–water partition coefficient (Wildman–Crippen LogP) is 2.22. The first-order chi connectivity index (χ1) is 8.36. The zero-order chi connectivity index (χ0) is 11.7. The summed E-state index contributed by atoms with van der Waals surface area (Å²) in [5.74, 6) is 1.81. The highest BCUT2D eigenvalue weighted by Crippen LogP contribution is 2.38. The topological polar surface area (TPSA) is 55.0 Å². The van der Waals surface area contributed by atoms with Crippen molar-refractivity contribution in [1.29, 1.82) is 0 Å². The maximum Gasteiger partial charge on any atom is 0.155 e. The van der Waals surface area contributed by atoms with Gasteiger partial charge in [0.15, 0.2) is 5.82 Å². The number of aromatic nitrogens is 2. The van der Waals surface area contributed by atoms with Crippen LogP contribution in [0.4, 0.5) is 11.5 Å². The van der Waals surface area contributed by atoms with E-state index in [0.29, 0.717) is 6.04 Å². The van der Waals surface area contributed by atoms with Crippen LogP contribution in [0.5, 0.6) is 0 Å². The highest BCUT2D eigenvalue weighted by molar-refractivity contribution is 5.61. The summed E-state index contributed by atoms with van der Waals surface area (Å²) in [7, 11) is 0. The number of rotatable bonds is 1. The van der Waals surface area contributed by atoms with Crippen LogP contribution in [0.3, 0.4) is 0 Å². The second-order valence-electron chi connectivity index (χ2n) is 5.25. The summed E-state index contributed by atoms with van der Waals surface area (Å²) in [5.41, 5.74) is 6.73.